The number of aromatic nitrogens is 5. The van der Waals surface area contributed by atoms with Crippen LogP contribution in [0.5, 0.6) is 5.75 Å². The monoisotopic (exact) mass is 341 g/mol. The fraction of sp³-hybridized carbons (Fsp3) is 0.294. The standard InChI is InChI=1S/C17H19N5OS/c1-12(2)16-20-15(11-24-17-18-9-6-10-19-17)22(21-16)13-7-4-5-8-14(13)23-3/h4-10,12H,11H2,1-3H3. The maximum atomic E-state index is 5.47. The molecule has 6 nitrogen and oxygen atoms in total. The lowest BCUT2D eigenvalue weighted by molar-refractivity contribution is 0.411. The highest BCUT2D eigenvalue weighted by molar-refractivity contribution is 7.98. The van der Waals surface area contributed by atoms with Gasteiger partial charge >= 0.3 is 0 Å². The fourth-order valence-electron chi connectivity index (χ4n) is 2.19. The Kier molecular flexibility index (Phi) is 5.10. The van der Waals surface area contributed by atoms with Crippen molar-refractivity contribution in [3.05, 3.63) is 54.4 Å². The Balaban J connectivity index is 1.95. The van der Waals surface area contributed by atoms with Crippen LogP contribution >= 0.6 is 11.8 Å². The Morgan fingerprint density at radius 3 is 2.58 bits per heavy atom. The third kappa shape index (κ3) is 3.56. The second-order valence-electron chi connectivity index (χ2n) is 5.44. The van der Waals surface area contributed by atoms with Gasteiger partial charge in [-0.25, -0.2) is 19.6 Å². The number of hydrogen-bond donors (Lipinski definition) is 0. The van der Waals surface area contributed by atoms with E-state index in [1.165, 1.54) is 11.8 Å². The first kappa shape index (κ1) is 16.4. The first-order valence-electron chi connectivity index (χ1n) is 7.68. The molecule has 0 N–H and O–H groups in total. The number of benzene rings is 1. The van der Waals surface area contributed by atoms with Crippen LogP contribution < -0.4 is 4.74 Å². The molecule has 0 radical (unpaired) electrons. The van der Waals surface area contributed by atoms with E-state index in [2.05, 4.69) is 28.9 Å². The number of para-hydroxylation sites is 2. The van der Waals surface area contributed by atoms with Crippen molar-refractivity contribution in [2.45, 2.75) is 30.7 Å². The van der Waals surface area contributed by atoms with Crippen molar-refractivity contribution in [2.75, 3.05) is 7.11 Å². The molecule has 3 rings (SSSR count). The quantitative estimate of drug-likeness (QED) is 0.505. The highest BCUT2D eigenvalue weighted by Crippen LogP contribution is 2.26. The number of hydrogen-bond acceptors (Lipinski definition) is 6. The minimum atomic E-state index is 0.248. The minimum Gasteiger partial charge on any atom is -0.494 e. The van der Waals surface area contributed by atoms with E-state index in [-0.39, 0.29) is 5.92 Å². The van der Waals surface area contributed by atoms with Crippen LogP contribution in [0.25, 0.3) is 5.69 Å². The van der Waals surface area contributed by atoms with Crippen LogP contribution in [-0.2, 0) is 5.75 Å². The molecular weight excluding hydrogens is 322 g/mol. The maximum absolute atomic E-state index is 5.47. The van der Waals surface area contributed by atoms with Crippen molar-refractivity contribution in [3.8, 4) is 11.4 Å². The average Bonchev–Trinajstić information content (AvgIpc) is 3.05. The van der Waals surface area contributed by atoms with Gasteiger partial charge in [-0.05, 0) is 18.2 Å². The molecule has 0 atom stereocenters. The van der Waals surface area contributed by atoms with E-state index in [9.17, 15) is 0 Å². The summed E-state index contributed by atoms with van der Waals surface area (Å²) in [6.07, 6.45) is 3.47. The normalized spacial score (nSPS) is 11.0. The van der Waals surface area contributed by atoms with Crippen molar-refractivity contribution in [1.29, 1.82) is 0 Å². The van der Waals surface area contributed by atoms with Crippen LogP contribution in [0.3, 0.4) is 0 Å². The van der Waals surface area contributed by atoms with Gasteiger partial charge in [-0.2, -0.15) is 5.10 Å². The SMILES string of the molecule is COc1ccccc1-n1nc(C(C)C)nc1CSc1ncccn1. The van der Waals surface area contributed by atoms with Gasteiger partial charge in [0.15, 0.2) is 11.0 Å². The third-order valence-electron chi connectivity index (χ3n) is 3.39. The van der Waals surface area contributed by atoms with Gasteiger partial charge in [0.1, 0.15) is 17.3 Å². The Labute approximate surface area is 145 Å². The van der Waals surface area contributed by atoms with Crippen LogP contribution in [-0.4, -0.2) is 31.8 Å². The van der Waals surface area contributed by atoms with Gasteiger partial charge in [-0.15, -0.1) is 0 Å². The summed E-state index contributed by atoms with van der Waals surface area (Å²) in [6.45, 7) is 4.16. The molecule has 1 aromatic carbocycles. The van der Waals surface area contributed by atoms with E-state index in [0.717, 1.165) is 28.2 Å². The van der Waals surface area contributed by atoms with Crippen molar-refractivity contribution in [1.82, 2.24) is 24.7 Å². The molecule has 0 bridgehead atoms. The fourth-order valence-corrected chi connectivity index (χ4v) is 2.90. The molecule has 3 aromatic rings. The Hall–Kier alpha value is -2.41. The predicted octanol–water partition coefficient (Wildman–Crippen LogP) is 3.48. The first-order chi connectivity index (χ1) is 11.7. The summed E-state index contributed by atoms with van der Waals surface area (Å²) >= 11 is 1.53. The van der Waals surface area contributed by atoms with Gasteiger partial charge in [-0.1, -0.05) is 37.7 Å². The van der Waals surface area contributed by atoms with Crippen LogP contribution in [0.2, 0.25) is 0 Å². The van der Waals surface area contributed by atoms with E-state index >= 15 is 0 Å². The molecule has 0 saturated carbocycles. The van der Waals surface area contributed by atoms with Gasteiger partial charge in [0, 0.05) is 18.3 Å². The highest BCUT2D eigenvalue weighted by atomic mass is 32.2. The lowest BCUT2D eigenvalue weighted by Crippen LogP contribution is -2.04. The van der Waals surface area contributed by atoms with Crippen LogP contribution in [0.15, 0.2) is 47.9 Å². The number of thioether (sulfide) groups is 1. The lowest BCUT2D eigenvalue weighted by Gasteiger charge is -2.10. The number of ether oxygens (including phenoxy) is 1. The van der Waals surface area contributed by atoms with E-state index in [1.807, 2.05) is 28.9 Å². The average molecular weight is 341 g/mol. The molecule has 24 heavy (non-hydrogen) atoms. The van der Waals surface area contributed by atoms with E-state index < -0.39 is 0 Å². The summed E-state index contributed by atoms with van der Waals surface area (Å²) < 4.78 is 7.32. The summed E-state index contributed by atoms with van der Waals surface area (Å²) in [5.41, 5.74) is 0.879. The van der Waals surface area contributed by atoms with Crippen molar-refractivity contribution < 1.29 is 4.74 Å². The number of rotatable bonds is 6. The zero-order valence-electron chi connectivity index (χ0n) is 13.9. The third-order valence-corrected chi connectivity index (χ3v) is 4.26. The second-order valence-corrected chi connectivity index (χ2v) is 6.39. The predicted molar refractivity (Wildman–Crippen MR) is 93.6 cm³/mol. The molecular formula is C17H19N5OS. The summed E-state index contributed by atoms with van der Waals surface area (Å²) in [7, 11) is 1.66. The molecule has 0 aliphatic heterocycles. The zero-order chi connectivity index (χ0) is 16.9. The van der Waals surface area contributed by atoms with Gasteiger partial charge in [-0.3, -0.25) is 0 Å². The van der Waals surface area contributed by atoms with Gasteiger partial charge < -0.3 is 4.74 Å². The van der Waals surface area contributed by atoms with Crippen molar-refractivity contribution in [2.24, 2.45) is 0 Å². The molecule has 0 spiro atoms. The van der Waals surface area contributed by atoms with Gasteiger partial charge in [0.2, 0.25) is 0 Å². The summed E-state index contributed by atoms with van der Waals surface area (Å²) in [5, 5.41) is 5.39. The topological polar surface area (TPSA) is 65.7 Å². The lowest BCUT2D eigenvalue weighted by atomic mass is 10.2. The van der Waals surface area contributed by atoms with Crippen LogP contribution in [0.4, 0.5) is 0 Å². The van der Waals surface area contributed by atoms with Crippen molar-refractivity contribution >= 4 is 11.8 Å². The molecule has 0 amide bonds. The summed E-state index contributed by atoms with van der Waals surface area (Å²) in [4.78, 5) is 13.2. The second kappa shape index (κ2) is 7.44. The van der Waals surface area contributed by atoms with E-state index in [1.54, 1.807) is 25.6 Å². The molecule has 0 aliphatic carbocycles. The number of nitrogens with zero attached hydrogens (tertiary/aromatic N) is 5. The van der Waals surface area contributed by atoms with Crippen molar-refractivity contribution in [3.63, 3.8) is 0 Å². The maximum Gasteiger partial charge on any atom is 0.187 e. The van der Waals surface area contributed by atoms with Gasteiger partial charge in [0.25, 0.3) is 0 Å². The Bertz CT molecular complexity index is 804. The molecule has 0 fully saturated rings. The molecule has 124 valence electrons. The highest BCUT2D eigenvalue weighted by Gasteiger charge is 2.17. The van der Waals surface area contributed by atoms with Crippen LogP contribution in [0, 0.1) is 0 Å². The minimum absolute atomic E-state index is 0.248. The smallest absolute Gasteiger partial charge is 0.187 e. The Morgan fingerprint density at radius 2 is 1.88 bits per heavy atom. The summed E-state index contributed by atoms with van der Waals surface area (Å²) in [5.74, 6) is 3.30. The zero-order valence-corrected chi connectivity index (χ0v) is 14.7. The Morgan fingerprint density at radius 1 is 1.12 bits per heavy atom. The van der Waals surface area contributed by atoms with E-state index in [4.69, 9.17) is 9.72 Å². The molecule has 0 unspecified atom stereocenters. The molecule has 0 aliphatic rings. The molecule has 2 aromatic heterocycles. The van der Waals surface area contributed by atoms with E-state index in [0.29, 0.717) is 5.75 Å². The summed E-state index contributed by atoms with van der Waals surface area (Å²) in [6, 6.07) is 9.60. The van der Waals surface area contributed by atoms with Gasteiger partial charge in [0.05, 0.1) is 12.9 Å². The molecule has 7 heteroatoms. The first-order valence-corrected chi connectivity index (χ1v) is 8.66. The molecule has 2 heterocycles. The number of methoxy groups -OCH3 is 1. The van der Waals surface area contributed by atoms with Crippen LogP contribution in [0.1, 0.15) is 31.4 Å². The molecule has 0 saturated heterocycles. The largest absolute Gasteiger partial charge is 0.494 e.